The standard InChI is InChI=1S/C4H5NO.CH2O/c5-4-2-1-3-6-4;1-2/h1-3H,5H2;1H2. The van der Waals surface area contributed by atoms with Crippen LogP contribution in [0.4, 0.5) is 5.88 Å². The van der Waals surface area contributed by atoms with E-state index in [2.05, 4.69) is 4.42 Å². The molecule has 0 unspecified atom stereocenters. The average molecular weight is 113 g/mol. The highest BCUT2D eigenvalue weighted by Crippen LogP contribution is 1.97. The molecular formula is C5H7NO2. The molecule has 1 rings (SSSR count). The maximum atomic E-state index is 8.00. The summed E-state index contributed by atoms with van der Waals surface area (Å²) in [4.78, 5) is 8.00. The number of hydrogen-bond donors (Lipinski definition) is 1. The maximum absolute atomic E-state index is 8.00. The average Bonchev–Trinajstić information content (AvgIpc) is 2.24. The zero-order valence-corrected chi connectivity index (χ0v) is 4.33. The molecule has 0 radical (unpaired) electrons. The molecule has 0 amide bonds. The van der Waals surface area contributed by atoms with Gasteiger partial charge in [-0.25, -0.2) is 0 Å². The van der Waals surface area contributed by atoms with Gasteiger partial charge in [-0.05, 0) is 6.07 Å². The van der Waals surface area contributed by atoms with Crippen LogP contribution < -0.4 is 5.73 Å². The van der Waals surface area contributed by atoms with Crippen molar-refractivity contribution in [2.24, 2.45) is 0 Å². The largest absolute Gasteiger partial charge is 0.449 e. The molecule has 1 heterocycles. The Labute approximate surface area is 47.1 Å². The number of furan rings is 1. The summed E-state index contributed by atoms with van der Waals surface area (Å²) >= 11 is 0. The summed E-state index contributed by atoms with van der Waals surface area (Å²) in [5, 5.41) is 0. The monoisotopic (exact) mass is 113 g/mol. The zero-order chi connectivity index (χ0) is 6.41. The van der Waals surface area contributed by atoms with Gasteiger partial charge in [0.15, 0.2) is 5.88 Å². The van der Waals surface area contributed by atoms with Gasteiger partial charge in [0.25, 0.3) is 0 Å². The van der Waals surface area contributed by atoms with Crippen LogP contribution in [-0.4, -0.2) is 6.79 Å². The lowest BCUT2D eigenvalue weighted by Crippen LogP contribution is -1.74. The van der Waals surface area contributed by atoms with Crippen LogP contribution in [0.3, 0.4) is 0 Å². The molecule has 1 aromatic heterocycles. The zero-order valence-electron chi connectivity index (χ0n) is 4.33. The summed E-state index contributed by atoms with van der Waals surface area (Å²) < 4.78 is 4.61. The highest BCUT2D eigenvalue weighted by molar-refractivity contribution is 5.20. The Bertz CT molecular complexity index is 125. The molecule has 0 aliphatic heterocycles. The van der Waals surface area contributed by atoms with E-state index in [-0.39, 0.29) is 0 Å². The Morgan fingerprint density at radius 3 is 2.38 bits per heavy atom. The van der Waals surface area contributed by atoms with Crippen LogP contribution in [0.5, 0.6) is 0 Å². The number of nitrogens with two attached hydrogens (primary N) is 1. The van der Waals surface area contributed by atoms with Gasteiger partial charge >= 0.3 is 0 Å². The lowest BCUT2D eigenvalue weighted by molar-refractivity contribution is -0.0979. The predicted octanol–water partition coefficient (Wildman–Crippen LogP) is 0.677. The van der Waals surface area contributed by atoms with E-state index in [0.29, 0.717) is 5.88 Å². The lowest BCUT2D eigenvalue weighted by Gasteiger charge is -1.70. The molecule has 0 saturated carbocycles. The first kappa shape index (κ1) is 6.75. The lowest BCUT2D eigenvalue weighted by atomic mass is 10.6. The SMILES string of the molecule is C=O.Nc1ccco1. The Morgan fingerprint density at radius 2 is 2.25 bits per heavy atom. The van der Waals surface area contributed by atoms with Crippen molar-refractivity contribution in [3.05, 3.63) is 18.4 Å². The van der Waals surface area contributed by atoms with Crippen molar-refractivity contribution < 1.29 is 9.21 Å². The molecule has 0 saturated heterocycles. The minimum atomic E-state index is 0.468. The van der Waals surface area contributed by atoms with Crippen molar-refractivity contribution in [3.63, 3.8) is 0 Å². The number of hydrogen-bond acceptors (Lipinski definition) is 3. The van der Waals surface area contributed by atoms with Gasteiger partial charge in [0.05, 0.1) is 6.26 Å². The number of anilines is 1. The molecular weight excluding hydrogens is 106 g/mol. The van der Waals surface area contributed by atoms with E-state index in [4.69, 9.17) is 10.5 Å². The summed E-state index contributed by atoms with van der Waals surface area (Å²) in [7, 11) is 0. The summed E-state index contributed by atoms with van der Waals surface area (Å²) in [6.45, 7) is 2.00. The van der Waals surface area contributed by atoms with Crippen LogP contribution in [0.25, 0.3) is 0 Å². The van der Waals surface area contributed by atoms with Gasteiger partial charge in [-0.1, -0.05) is 0 Å². The molecule has 0 fully saturated rings. The third-order valence-electron chi connectivity index (χ3n) is 0.543. The fourth-order valence-corrected chi connectivity index (χ4v) is 0.291. The van der Waals surface area contributed by atoms with Crippen LogP contribution in [0.2, 0.25) is 0 Å². The maximum Gasteiger partial charge on any atom is 0.190 e. The Kier molecular flexibility index (Phi) is 3.31. The van der Waals surface area contributed by atoms with Gasteiger partial charge in [0.1, 0.15) is 6.79 Å². The van der Waals surface area contributed by atoms with Crippen molar-refractivity contribution in [1.29, 1.82) is 0 Å². The third kappa shape index (κ3) is 2.02. The molecule has 0 aliphatic carbocycles. The first-order valence-corrected chi connectivity index (χ1v) is 1.97. The van der Waals surface area contributed by atoms with Gasteiger partial charge < -0.3 is 14.9 Å². The van der Waals surface area contributed by atoms with Crippen LogP contribution >= 0.6 is 0 Å². The summed E-state index contributed by atoms with van der Waals surface area (Å²) in [6, 6.07) is 3.44. The molecule has 0 spiro atoms. The van der Waals surface area contributed by atoms with E-state index in [0.717, 1.165) is 0 Å². The van der Waals surface area contributed by atoms with Gasteiger partial charge in [-0.3, -0.25) is 0 Å². The number of carbonyl (C=O) groups excluding carboxylic acids is 1. The Hall–Kier alpha value is -1.25. The van der Waals surface area contributed by atoms with Gasteiger partial charge in [0.2, 0.25) is 0 Å². The second kappa shape index (κ2) is 3.92. The van der Waals surface area contributed by atoms with Crippen molar-refractivity contribution >= 4 is 12.7 Å². The highest BCUT2D eigenvalue weighted by atomic mass is 16.3. The van der Waals surface area contributed by atoms with Gasteiger partial charge in [-0.15, -0.1) is 0 Å². The number of rotatable bonds is 0. The number of nitrogen functional groups attached to an aromatic ring is 1. The molecule has 8 heavy (non-hydrogen) atoms. The van der Waals surface area contributed by atoms with Crippen LogP contribution in [0.1, 0.15) is 0 Å². The van der Waals surface area contributed by atoms with Crippen LogP contribution in [0.15, 0.2) is 22.8 Å². The van der Waals surface area contributed by atoms with Crippen LogP contribution in [0, 0.1) is 0 Å². The first-order chi connectivity index (χ1) is 3.89. The topological polar surface area (TPSA) is 56.2 Å². The second-order valence-corrected chi connectivity index (χ2v) is 1.02. The van der Waals surface area contributed by atoms with Crippen molar-refractivity contribution in [2.75, 3.05) is 5.73 Å². The molecule has 0 bridgehead atoms. The van der Waals surface area contributed by atoms with Gasteiger partial charge in [0, 0.05) is 6.07 Å². The van der Waals surface area contributed by atoms with Crippen molar-refractivity contribution in [1.82, 2.24) is 0 Å². The minimum Gasteiger partial charge on any atom is -0.449 e. The highest BCUT2D eigenvalue weighted by Gasteiger charge is 1.76. The third-order valence-corrected chi connectivity index (χ3v) is 0.543. The predicted molar refractivity (Wildman–Crippen MR) is 30.2 cm³/mol. The van der Waals surface area contributed by atoms with Crippen molar-refractivity contribution in [3.8, 4) is 0 Å². The molecule has 3 heteroatoms. The molecule has 0 aromatic carbocycles. The second-order valence-electron chi connectivity index (χ2n) is 1.02. The van der Waals surface area contributed by atoms with Crippen LogP contribution in [-0.2, 0) is 4.79 Å². The van der Waals surface area contributed by atoms with E-state index >= 15 is 0 Å². The molecule has 3 nitrogen and oxygen atoms in total. The fraction of sp³-hybridized carbons (Fsp3) is 0. The smallest absolute Gasteiger partial charge is 0.190 e. The normalized spacial score (nSPS) is 7.00. The van der Waals surface area contributed by atoms with Gasteiger partial charge in [-0.2, -0.15) is 0 Å². The molecule has 1 aromatic rings. The fourth-order valence-electron chi connectivity index (χ4n) is 0.291. The molecule has 2 N–H and O–H groups in total. The number of carbonyl (C=O) groups is 1. The van der Waals surface area contributed by atoms with E-state index < -0.39 is 0 Å². The minimum absolute atomic E-state index is 0.468. The van der Waals surface area contributed by atoms with E-state index in [1.54, 1.807) is 12.1 Å². The molecule has 0 atom stereocenters. The Balaban J connectivity index is 0.000000222. The summed E-state index contributed by atoms with van der Waals surface area (Å²) in [5.74, 6) is 0.468. The molecule has 44 valence electrons. The van der Waals surface area contributed by atoms with Crippen molar-refractivity contribution in [2.45, 2.75) is 0 Å². The first-order valence-electron chi connectivity index (χ1n) is 1.97. The summed E-state index contributed by atoms with van der Waals surface area (Å²) in [5.41, 5.74) is 5.11. The van der Waals surface area contributed by atoms with E-state index in [1.807, 2.05) is 6.79 Å². The quantitative estimate of drug-likeness (QED) is 0.538. The summed E-state index contributed by atoms with van der Waals surface area (Å²) in [6.07, 6.45) is 1.54. The Morgan fingerprint density at radius 1 is 1.62 bits per heavy atom. The van der Waals surface area contributed by atoms with E-state index in [9.17, 15) is 0 Å². The van der Waals surface area contributed by atoms with E-state index in [1.165, 1.54) is 6.26 Å². The molecule has 0 aliphatic rings.